The Bertz CT molecular complexity index is 553. The Balaban J connectivity index is 1.40. The first-order valence-electron chi connectivity index (χ1n) is 8.94. The molecule has 132 valence electrons. The average Bonchev–Trinajstić information content (AvgIpc) is 2.67. The van der Waals surface area contributed by atoms with Crippen LogP contribution in [0.2, 0.25) is 0 Å². The fraction of sp³-hybridized carbons (Fsp3) is 0.611. The number of carbonyl (C=O) groups is 1. The molecule has 0 spiro atoms. The molecule has 0 bridgehead atoms. The smallest absolute Gasteiger partial charge is 0.320 e. The molecule has 3 rings (SSSR count). The Kier molecular flexibility index (Phi) is 6.26. The first-order valence-corrected chi connectivity index (χ1v) is 10.3. The van der Waals surface area contributed by atoms with Crippen LogP contribution in [0.4, 0.5) is 4.79 Å². The van der Waals surface area contributed by atoms with E-state index in [4.69, 9.17) is 0 Å². The van der Waals surface area contributed by atoms with Gasteiger partial charge < -0.3 is 9.80 Å². The van der Waals surface area contributed by atoms with Gasteiger partial charge in [-0.2, -0.15) is 0 Å². The third-order valence-corrected chi connectivity index (χ3v) is 6.22. The molecule has 2 aliphatic rings. The molecule has 24 heavy (non-hydrogen) atoms. The van der Waals surface area contributed by atoms with E-state index >= 15 is 0 Å². The van der Waals surface area contributed by atoms with Crippen molar-refractivity contribution in [3.8, 4) is 0 Å². The van der Waals surface area contributed by atoms with Gasteiger partial charge in [-0.05, 0) is 31.4 Å². The van der Waals surface area contributed by atoms with Gasteiger partial charge in [0.15, 0.2) is 0 Å². The normalized spacial score (nSPS) is 20.8. The summed E-state index contributed by atoms with van der Waals surface area (Å²) >= 11 is 0. The van der Waals surface area contributed by atoms with Crippen LogP contribution in [0.3, 0.4) is 0 Å². The molecule has 2 amide bonds. The molecule has 1 unspecified atom stereocenters. The fourth-order valence-electron chi connectivity index (χ4n) is 3.35. The van der Waals surface area contributed by atoms with Crippen molar-refractivity contribution >= 4 is 16.8 Å². The number of nitrogens with zero attached hydrogens (tertiary/aromatic N) is 3. The monoisotopic (exact) mass is 349 g/mol. The van der Waals surface area contributed by atoms with E-state index in [9.17, 15) is 9.00 Å². The number of rotatable bonds is 4. The van der Waals surface area contributed by atoms with Gasteiger partial charge in [-0.25, -0.2) is 4.79 Å². The van der Waals surface area contributed by atoms with E-state index in [1.54, 1.807) is 0 Å². The van der Waals surface area contributed by atoms with E-state index in [2.05, 4.69) is 4.90 Å². The quantitative estimate of drug-likeness (QED) is 0.835. The fourth-order valence-corrected chi connectivity index (χ4v) is 4.47. The largest absolute Gasteiger partial charge is 0.325 e. The molecular weight excluding hydrogens is 322 g/mol. The summed E-state index contributed by atoms with van der Waals surface area (Å²) in [5, 5.41) is 0. The van der Waals surface area contributed by atoms with Crippen molar-refractivity contribution in [3.05, 3.63) is 30.3 Å². The molecule has 2 aliphatic heterocycles. The molecule has 0 aromatic heterocycles. The first-order chi connectivity index (χ1) is 11.7. The number of piperazine rings is 1. The summed E-state index contributed by atoms with van der Waals surface area (Å²) in [7, 11) is -0.937. The summed E-state index contributed by atoms with van der Waals surface area (Å²) in [6.45, 7) is 5.98. The molecule has 2 fully saturated rings. The molecule has 1 aromatic rings. The molecule has 0 N–H and O–H groups in total. The lowest BCUT2D eigenvalue weighted by molar-refractivity contribution is 0.109. The van der Waals surface area contributed by atoms with Crippen LogP contribution in [0.25, 0.3) is 0 Å². The van der Waals surface area contributed by atoms with E-state index < -0.39 is 10.8 Å². The SMILES string of the molecule is O=C(N1CCCCC1)N1CCN(CCS(=O)c2ccccc2)CC1. The average molecular weight is 350 g/mol. The zero-order valence-corrected chi connectivity index (χ0v) is 15.0. The molecule has 6 heteroatoms. The molecular formula is C18H27N3O2S. The van der Waals surface area contributed by atoms with E-state index in [1.165, 1.54) is 6.42 Å². The van der Waals surface area contributed by atoms with E-state index in [-0.39, 0.29) is 6.03 Å². The van der Waals surface area contributed by atoms with Crippen LogP contribution in [0.15, 0.2) is 35.2 Å². The number of amides is 2. The molecule has 0 aliphatic carbocycles. The third kappa shape index (κ3) is 4.57. The Morgan fingerprint density at radius 1 is 0.875 bits per heavy atom. The number of hydrogen-bond donors (Lipinski definition) is 0. The number of piperidine rings is 1. The van der Waals surface area contributed by atoms with E-state index in [0.29, 0.717) is 5.75 Å². The summed E-state index contributed by atoms with van der Waals surface area (Å²) in [6.07, 6.45) is 3.52. The van der Waals surface area contributed by atoms with E-state index in [1.807, 2.05) is 40.1 Å². The Morgan fingerprint density at radius 2 is 1.50 bits per heavy atom. The van der Waals surface area contributed by atoms with Gasteiger partial charge in [0, 0.05) is 56.5 Å². The lowest BCUT2D eigenvalue weighted by Gasteiger charge is -2.38. The van der Waals surface area contributed by atoms with Crippen molar-refractivity contribution < 1.29 is 9.00 Å². The highest BCUT2D eigenvalue weighted by Gasteiger charge is 2.26. The predicted molar refractivity (Wildman–Crippen MR) is 96.6 cm³/mol. The first kappa shape index (κ1) is 17.4. The lowest BCUT2D eigenvalue weighted by Crippen LogP contribution is -2.54. The number of urea groups is 1. The van der Waals surface area contributed by atoms with Crippen LogP contribution < -0.4 is 0 Å². The van der Waals surface area contributed by atoms with Crippen molar-refractivity contribution in [2.75, 3.05) is 51.6 Å². The van der Waals surface area contributed by atoms with Crippen LogP contribution >= 0.6 is 0 Å². The maximum Gasteiger partial charge on any atom is 0.320 e. The molecule has 1 atom stereocenters. The van der Waals surface area contributed by atoms with Crippen molar-refractivity contribution in [2.45, 2.75) is 24.2 Å². The van der Waals surface area contributed by atoms with Crippen LogP contribution in [0.5, 0.6) is 0 Å². The highest BCUT2D eigenvalue weighted by molar-refractivity contribution is 7.85. The maximum absolute atomic E-state index is 12.5. The lowest BCUT2D eigenvalue weighted by atomic mass is 10.1. The molecule has 0 saturated carbocycles. The minimum absolute atomic E-state index is 0.210. The van der Waals surface area contributed by atoms with Crippen LogP contribution in [-0.4, -0.2) is 76.5 Å². The zero-order valence-electron chi connectivity index (χ0n) is 14.2. The number of carbonyl (C=O) groups excluding carboxylic acids is 1. The second-order valence-electron chi connectivity index (χ2n) is 6.52. The topological polar surface area (TPSA) is 43.9 Å². The molecule has 2 heterocycles. The van der Waals surface area contributed by atoms with Crippen LogP contribution in [0.1, 0.15) is 19.3 Å². The van der Waals surface area contributed by atoms with E-state index in [0.717, 1.165) is 63.6 Å². The summed E-state index contributed by atoms with van der Waals surface area (Å²) in [4.78, 5) is 19.7. The van der Waals surface area contributed by atoms with Crippen molar-refractivity contribution in [3.63, 3.8) is 0 Å². The van der Waals surface area contributed by atoms with Gasteiger partial charge in [-0.3, -0.25) is 9.11 Å². The Morgan fingerprint density at radius 3 is 2.17 bits per heavy atom. The van der Waals surface area contributed by atoms with Gasteiger partial charge in [-0.15, -0.1) is 0 Å². The van der Waals surface area contributed by atoms with Crippen molar-refractivity contribution in [2.24, 2.45) is 0 Å². The van der Waals surface area contributed by atoms with Gasteiger partial charge >= 0.3 is 6.03 Å². The van der Waals surface area contributed by atoms with Gasteiger partial charge in [0.1, 0.15) is 0 Å². The van der Waals surface area contributed by atoms with Gasteiger partial charge in [0.05, 0.1) is 10.8 Å². The highest BCUT2D eigenvalue weighted by Crippen LogP contribution is 2.13. The second-order valence-corrected chi connectivity index (χ2v) is 8.09. The summed E-state index contributed by atoms with van der Waals surface area (Å²) < 4.78 is 12.3. The van der Waals surface area contributed by atoms with Crippen LogP contribution in [-0.2, 0) is 10.8 Å². The molecule has 0 radical (unpaired) electrons. The Labute approximate surface area is 147 Å². The molecule has 5 nitrogen and oxygen atoms in total. The zero-order chi connectivity index (χ0) is 16.8. The van der Waals surface area contributed by atoms with Crippen molar-refractivity contribution in [1.82, 2.24) is 14.7 Å². The standard InChI is InChI=1S/C18H27N3O2S/c22-18(20-9-5-2-6-10-20)21-13-11-19(12-14-21)15-16-24(23)17-7-3-1-4-8-17/h1,3-4,7-8H,2,5-6,9-16H2. The maximum atomic E-state index is 12.5. The highest BCUT2D eigenvalue weighted by atomic mass is 32.2. The second kappa shape index (κ2) is 8.62. The van der Waals surface area contributed by atoms with Gasteiger partial charge in [0.25, 0.3) is 0 Å². The number of likely N-dealkylation sites (tertiary alicyclic amines) is 1. The van der Waals surface area contributed by atoms with Crippen LogP contribution in [0, 0.1) is 0 Å². The Hall–Kier alpha value is -1.40. The minimum Gasteiger partial charge on any atom is -0.325 e. The van der Waals surface area contributed by atoms with Gasteiger partial charge in [-0.1, -0.05) is 18.2 Å². The predicted octanol–water partition coefficient (Wildman–Crippen LogP) is 2.02. The molecule has 1 aromatic carbocycles. The number of benzene rings is 1. The number of hydrogen-bond acceptors (Lipinski definition) is 3. The summed E-state index contributed by atoms with van der Waals surface area (Å²) in [6, 6.07) is 9.86. The summed E-state index contributed by atoms with van der Waals surface area (Å²) in [5.41, 5.74) is 0. The summed E-state index contributed by atoms with van der Waals surface area (Å²) in [5.74, 6) is 0.657. The minimum atomic E-state index is -0.937. The third-order valence-electron chi connectivity index (χ3n) is 4.87. The van der Waals surface area contributed by atoms with Gasteiger partial charge in [0.2, 0.25) is 0 Å². The van der Waals surface area contributed by atoms with Crippen molar-refractivity contribution in [1.29, 1.82) is 0 Å². The molecule has 2 saturated heterocycles.